The Hall–Kier alpha value is -2.40. The summed E-state index contributed by atoms with van der Waals surface area (Å²) in [5, 5.41) is 12.4. The van der Waals surface area contributed by atoms with E-state index in [0.717, 1.165) is 20.1 Å². The van der Waals surface area contributed by atoms with Crippen LogP contribution < -0.4 is 10.1 Å². The van der Waals surface area contributed by atoms with Crippen molar-refractivity contribution in [2.75, 3.05) is 0 Å². The summed E-state index contributed by atoms with van der Waals surface area (Å²) in [4.78, 5) is 12.6. The molecule has 0 aliphatic rings. The highest BCUT2D eigenvalue weighted by Crippen LogP contribution is 2.35. The summed E-state index contributed by atoms with van der Waals surface area (Å²) in [7, 11) is 0. The average molecular weight is 605 g/mol. The van der Waals surface area contributed by atoms with Gasteiger partial charge < -0.3 is 10.1 Å². The second kappa shape index (κ2) is 11.3. The minimum atomic E-state index is -0.443. The molecule has 0 saturated heterocycles. The van der Waals surface area contributed by atoms with Gasteiger partial charge in [0.2, 0.25) is 0 Å². The lowest BCUT2D eigenvalue weighted by Crippen LogP contribution is -2.23. The first-order valence-corrected chi connectivity index (χ1v) is 11.6. The molecule has 7 heteroatoms. The number of hydrogen-bond acceptors (Lipinski definition) is 3. The maximum atomic E-state index is 12.6. The third-order valence-electron chi connectivity index (χ3n) is 4.29. The van der Waals surface area contributed by atoms with Gasteiger partial charge >= 0.3 is 0 Å². The monoisotopic (exact) mass is 602 g/mol. The van der Waals surface area contributed by atoms with Crippen LogP contribution in [0.1, 0.15) is 16.7 Å². The molecule has 0 atom stereocenters. The van der Waals surface area contributed by atoms with Crippen LogP contribution in [0.5, 0.6) is 5.75 Å². The molecule has 3 rings (SSSR count). The van der Waals surface area contributed by atoms with Crippen LogP contribution in [0, 0.1) is 11.3 Å². The van der Waals surface area contributed by atoms with Crippen LogP contribution in [0.2, 0.25) is 0 Å². The summed E-state index contributed by atoms with van der Waals surface area (Å²) < 4.78 is 8.54. The second-order valence-corrected chi connectivity index (χ2v) is 9.24. The molecule has 0 heterocycles. The van der Waals surface area contributed by atoms with Gasteiger partial charge in [-0.2, -0.15) is 5.26 Å². The van der Waals surface area contributed by atoms with Gasteiger partial charge in [0.1, 0.15) is 24.0 Å². The second-order valence-electron chi connectivity index (χ2n) is 6.56. The number of carbonyl (C=O) groups excluding carboxylic acids is 1. The van der Waals surface area contributed by atoms with Crippen molar-refractivity contribution in [3.05, 3.63) is 102 Å². The van der Waals surface area contributed by atoms with E-state index in [1.54, 1.807) is 0 Å². The number of nitrogens with one attached hydrogen (secondary N) is 1. The van der Waals surface area contributed by atoms with Crippen LogP contribution in [0.25, 0.3) is 6.08 Å². The lowest BCUT2D eigenvalue weighted by Gasteiger charge is -2.13. The standard InChI is InChI=1S/C24H17Br3N2O2/c25-20-8-6-17(7-9-20)15-31-23-18(11-21(26)12-22(23)27)10-19(13-28)24(30)29-14-16-4-2-1-3-5-16/h1-12H,14-15H2,(H,29,30)/b19-10+. The normalized spacial score (nSPS) is 11.0. The molecule has 0 bridgehead atoms. The average Bonchev–Trinajstić information content (AvgIpc) is 2.77. The summed E-state index contributed by atoms with van der Waals surface area (Å²) in [6.07, 6.45) is 1.53. The molecule has 3 aromatic carbocycles. The van der Waals surface area contributed by atoms with Gasteiger partial charge in [0.15, 0.2) is 0 Å². The Kier molecular flexibility index (Phi) is 8.47. The van der Waals surface area contributed by atoms with Crippen LogP contribution in [0.15, 0.2) is 85.7 Å². The maximum Gasteiger partial charge on any atom is 0.262 e. The van der Waals surface area contributed by atoms with Crippen molar-refractivity contribution in [1.82, 2.24) is 5.32 Å². The van der Waals surface area contributed by atoms with Gasteiger partial charge in [0, 0.05) is 21.1 Å². The lowest BCUT2D eigenvalue weighted by atomic mass is 10.1. The van der Waals surface area contributed by atoms with E-state index in [1.807, 2.05) is 72.8 Å². The SMILES string of the molecule is N#C/C(=C\c1cc(Br)cc(Br)c1OCc1ccc(Br)cc1)C(=O)NCc1ccccc1. The quantitative estimate of drug-likeness (QED) is 0.239. The van der Waals surface area contributed by atoms with Gasteiger partial charge in [0.25, 0.3) is 5.91 Å². The van der Waals surface area contributed by atoms with Crippen molar-refractivity contribution in [3.8, 4) is 11.8 Å². The number of nitrogens with zero attached hydrogens (tertiary/aromatic N) is 1. The van der Waals surface area contributed by atoms with E-state index in [-0.39, 0.29) is 5.57 Å². The molecule has 4 nitrogen and oxygen atoms in total. The van der Waals surface area contributed by atoms with Crippen LogP contribution in [-0.4, -0.2) is 5.91 Å². The van der Waals surface area contributed by atoms with Gasteiger partial charge in [-0.3, -0.25) is 4.79 Å². The number of nitriles is 1. The van der Waals surface area contributed by atoms with E-state index < -0.39 is 5.91 Å². The Balaban J connectivity index is 1.81. The molecule has 0 aromatic heterocycles. The zero-order chi connectivity index (χ0) is 22.2. The zero-order valence-corrected chi connectivity index (χ0v) is 21.0. The van der Waals surface area contributed by atoms with Gasteiger partial charge in [-0.1, -0.05) is 74.3 Å². The fourth-order valence-electron chi connectivity index (χ4n) is 2.75. The molecule has 0 saturated carbocycles. The Morgan fingerprint density at radius 2 is 1.68 bits per heavy atom. The molecular formula is C24H17Br3N2O2. The van der Waals surface area contributed by atoms with Crippen LogP contribution in [0.4, 0.5) is 0 Å². The molecule has 156 valence electrons. The Morgan fingerprint density at radius 3 is 2.35 bits per heavy atom. The van der Waals surface area contributed by atoms with Crippen molar-refractivity contribution in [2.24, 2.45) is 0 Å². The van der Waals surface area contributed by atoms with E-state index in [2.05, 4.69) is 53.1 Å². The number of hydrogen-bond donors (Lipinski definition) is 1. The smallest absolute Gasteiger partial charge is 0.262 e. The molecule has 1 N–H and O–H groups in total. The van der Waals surface area contributed by atoms with Crippen LogP contribution in [-0.2, 0) is 17.9 Å². The molecule has 31 heavy (non-hydrogen) atoms. The van der Waals surface area contributed by atoms with Gasteiger partial charge in [-0.25, -0.2) is 0 Å². The highest BCUT2D eigenvalue weighted by atomic mass is 79.9. The molecule has 0 fully saturated rings. The van der Waals surface area contributed by atoms with Crippen molar-refractivity contribution in [1.29, 1.82) is 5.26 Å². The Labute approximate surface area is 206 Å². The predicted octanol–water partition coefficient (Wildman–Crippen LogP) is 6.78. The highest BCUT2D eigenvalue weighted by molar-refractivity contribution is 9.11. The number of halogens is 3. The van der Waals surface area contributed by atoms with Crippen molar-refractivity contribution in [3.63, 3.8) is 0 Å². The Morgan fingerprint density at radius 1 is 0.968 bits per heavy atom. The first-order valence-electron chi connectivity index (χ1n) is 9.26. The lowest BCUT2D eigenvalue weighted by molar-refractivity contribution is -0.117. The molecule has 0 aliphatic heterocycles. The van der Waals surface area contributed by atoms with Gasteiger partial charge in [-0.05, 0) is 57.4 Å². The summed E-state index contributed by atoms with van der Waals surface area (Å²) in [5.41, 5.74) is 2.56. The van der Waals surface area contributed by atoms with E-state index in [1.165, 1.54) is 6.08 Å². The minimum absolute atomic E-state index is 0.00516. The predicted molar refractivity (Wildman–Crippen MR) is 132 cm³/mol. The zero-order valence-electron chi connectivity index (χ0n) is 16.2. The van der Waals surface area contributed by atoms with Crippen molar-refractivity contribution < 1.29 is 9.53 Å². The van der Waals surface area contributed by atoms with Crippen LogP contribution in [0.3, 0.4) is 0 Å². The minimum Gasteiger partial charge on any atom is -0.487 e. The Bertz CT molecular complexity index is 1140. The summed E-state index contributed by atoms with van der Waals surface area (Å²) >= 11 is 10.4. The molecule has 0 radical (unpaired) electrons. The van der Waals surface area contributed by atoms with E-state index >= 15 is 0 Å². The summed E-state index contributed by atoms with van der Waals surface area (Å²) in [5.74, 6) is 0.107. The topological polar surface area (TPSA) is 62.1 Å². The number of amides is 1. The number of benzene rings is 3. The summed E-state index contributed by atoms with van der Waals surface area (Å²) in [6.45, 7) is 0.685. The molecule has 0 aliphatic carbocycles. The third-order valence-corrected chi connectivity index (χ3v) is 5.87. The number of carbonyl (C=O) groups is 1. The largest absolute Gasteiger partial charge is 0.487 e. The van der Waals surface area contributed by atoms with E-state index in [4.69, 9.17) is 4.74 Å². The van der Waals surface area contributed by atoms with Crippen LogP contribution >= 0.6 is 47.8 Å². The fourth-order valence-corrected chi connectivity index (χ4v) is 4.39. The molecule has 3 aromatic rings. The first-order chi connectivity index (χ1) is 15.0. The molecule has 0 unspecified atom stereocenters. The molecule has 0 spiro atoms. The van der Waals surface area contributed by atoms with E-state index in [0.29, 0.717) is 28.9 Å². The van der Waals surface area contributed by atoms with Crippen molar-refractivity contribution >= 4 is 59.8 Å². The molecule has 1 amide bonds. The number of rotatable bonds is 7. The highest BCUT2D eigenvalue weighted by Gasteiger charge is 2.14. The van der Waals surface area contributed by atoms with Crippen molar-refractivity contribution in [2.45, 2.75) is 13.2 Å². The van der Waals surface area contributed by atoms with E-state index in [9.17, 15) is 10.1 Å². The first kappa shape index (κ1) is 23.3. The maximum absolute atomic E-state index is 12.6. The summed E-state index contributed by atoms with van der Waals surface area (Å²) in [6, 6.07) is 23.0. The van der Waals surface area contributed by atoms with Gasteiger partial charge in [0.05, 0.1) is 4.47 Å². The molecular weight excluding hydrogens is 588 g/mol. The van der Waals surface area contributed by atoms with Gasteiger partial charge in [-0.15, -0.1) is 0 Å². The fraction of sp³-hybridized carbons (Fsp3) is 0.0833. The third kappa shape index (κ3) is 6.79. The number of ether oxygens (including phenoxy) is 1.